The lowest BCUT2D eigenvalue weighted by Crippen LogP contribution is -2.38. The van der Waals surface area contributed by atoms with Crippen LogP contribution in [0.4, 0.5) is 4.39 Å². The molecule has 23 heavy (non-hydrogen) atoms. The van der Waals surface area contributed by atoms with Crippen molar-refractivity contribution in [2.45, 2.75) is 25.8 Å². The van der Waals surface area contributed by atoms with Gasteiger partial charge in [0.25, 0.3) is 0 Å². The molecule has 5 heteroatoms. The monoisotopic (exact) mass is 341 g/mol. The highest BCUT2D eigenvalue weighted by molar-refractivity contribution is 5.85. The van der Waals surface area contributed by atoms with Crippen LogP contribution in [0.3, 0.4) is 0 Å². The normalized spacial score (nSPS) is 21.6. The van der Waals surface area contributed by atoms with Gasteiger partial charge in [-0.2, -0.15) is 0 Å². The van der Waals surface area contributed by atoms with E-state index in [-0.39, 0.29) is 18.2 Å². The minimum atomic E-state index is -0.146. The van der Waals surface area contributed by atoms with Crippen molar-refractivity contribution >= 4 is 12.4 Å². The Labute approximate surface area is 145 Å². The maximum absolute atomic E-state index is 13.0. The van der Waals surface area contributed by atoms with Crippen molar-refractivity contribution in [1.82, 2.24) is 15.1 Å². The molecule has 0 atom stereocenters. The van der Waals surface area contributed by atoms with E-state index >= 15 is 0 Å². The van der Waals surface area contributed by atoms with Crippen molar-refractivity contribution in [1.29, 1.82) is 0 Å². The van der Waals surface area contributed by atoms with Gasteiger partial charge in [-0.05, 0) is 69.1 Å². The highest BCUT2D eigenvalue weighted by atomic mass is 35.5. The summed E-state index contributed by atoms with van der Waals surface area (Å²) in [5.41, 5.74) is 1.22. The second-order valence-electron chi connectivity index (χ2n) is 6.75. The average Bonchev–Trinajstić information content (AvgIpc) is 2.76. The largest absolute Gasteiger partial charge is 0.317 e. The van der Waals surface area contributed by atoms with Gasteiger partial charge in [-0.3, -0.25) is 4.90 Å². The molecule has 0 saturated carbocycles. The van der Waals surface area contributed by atoms with Gasteiger partial charge in [0, 0.05) is 26.2 Å². The Kier molecular flexibility index (Phi) is 7.77. The quantitative estimate of drug-likeness (QED) is 0.908. The third-order valence-electron chi connectivity index (χ3n) is 4.98. The molecule has 3 nitrogen and oxygen atoms in total. The smallest absolute Gasteiger partial charge is 0.123 e. The first-order valence-corrected chi connectivity index (χ1v) is 8.69. The van der Waals surface area contributed by atoms with Gasteiger partial charge in [0.2, 0.25) is 0 Å². The van der Waals surface area contributed by atoms with Crippen molar-refractivity contribution in [2.24, 2.45) is 5.92 Å². The first-order chi connectivity index (χ1) is 10.8. The zero-order valence-corrected chi connectivity index (χ0v) is 14.7. The van der Waals surface area contributed by atoms with Crippen molar-refractivity contribution in [3.63, 3.8) is 0 Å². The van der Waals surface area contributed by atoms with E-state index in [2.05, 4.69) is 15.1 Å². The van der Waals surface area contributed by atoms with Gasteiger partial charge < -0.3 is 10.2 Å². The fourth-order valence-corrected chi connectivity index (χ4v) is 3.64. The maximum atomic E-state index is 13.0. The van der Waals surface area contributed by atoms with E-state index in [1.54, 1.807) is 12.1 Å². The number of piperidine rings is 1. The van der Waals surface area contributed by atoms with Gasteiger partial charge >= 0.3 is 0 Å². The van der Waals surface area contributed by atoms with Crippen molar-refractivity contribution in [3.8, 4) is 0 Å². The molecule has 3 rings (SSSR count). The molecular weight excluding hydrogens is 313 g/mol. The van der Waals surface area contributed by atoms with Crippen LogP contribution >= 0.6 is 12.4 Å². The van der Waals surface area contributed by atoms with Crippen LogP contribution in [-0.4, -0.2) is 55.6 Å². The molecule has 2 heterocycles. The summed E-state index contributed by atoms with van der Waals surface area (Å²) in [6.45, 7) is 9.27. The van der Waals surface area contributed by atoms with E-state index in [0.29, 0.717) is 0 Å². The van der Waals surface area contributed by atoms with Crippen LogP contribution in [0.5, 0.6) is 0 Å². The van der Waals surface area contributed by atoms with Crippen LogP contribution in [0.1, 0.15) is 24.8 Å². The molecule has 0 amide bonds. The number of nitrogens with zero attached hydrogens (tertiary/aromatic N) is 2. The van der Waals surface area contributed by atoms with Crippen LogP contribution in [0.25, 0.3) is 0 Å². The van der Waals surface area contributed by atoms with Crippen LogP contribution in [0.15, 0.2) is 24.3 Å². The first kappa shape index (κ1) is 18.7. The number of hydrogen-bond donors (Lipinski definition) is 1. The summed E-state index contributed by atoms with van der Waals surface area (Å²) in [7, 11) is 0. The Bertz CT molecular complexity index is 448. The summed E-state index contributed by atoms with van der Waals surface area (Å²) in [5.74, 6) is 0.734. The standard InChI is InChI=1S/C18H28FN3.ClH/c19-18-4-2-16(3-5-18)14-21-10-1-11-22(13-12-21)15-17-6-8-20-9-7-17;/h2-5,17,20H,1,6-15H2;1H. The lowest BCUT2D eigenvalue weighted by molar-refractivity contribution is 0.204. The number of nitrogens with one attached hydrogen (secondary N) is 1. The van der Waals surface area contributed by atoms with Crippen LogP contribution in [-0.2, 0) is 6.54 Å². The Morgan fingerprint density at radius 2 is 1.61 bits per heavy atom. The SMILES string of the molecule is Cl.Fc1ccc(CN2CCCN(CC3CCNCC3)CC2)cc1. The van der Waals surface area contributed by atoms with Gasteiger partial charge in [0.1, 0.15) is 5.82 Å². The third-order valence-corrected chi connectivity index (χ3v) is 4.98. The zero-order valence-electron chi connectivity index (χ0n) is 13.8. The number of rotatable bonds is 4. The zero-order chi connectivity index (χ0) is 15.2. The van der Waals surface area contributed by atoms with Gasteiger partial charge in [0.15, 0.2) is 0 Å². The lowest BCUT2D eigenvalue weighted by atomic mass is 9.97. The van der Waals surface area contributed by atoms with Crippen molar-refractivity contribution in [3.05, 3.63) is 35.6 Å². The molecule has 1 aromatic rings. The molecule has 0 unspecified atom stereocenters. The molecule has 0 aromatic heterocycles. The number of halogens is 2. The fraction of sp³-hybridized carbons (Fsp3) is 0.667. The second kappa shape index (κ2) is 9.58. The molecule has 2 aliphatic heterocycles. The van der Waals surface area contributed by atoms with E-state index in [9.17, 15) is 4.39 Å². The van der Waals surface area contributed by atoms with Crippen LogP contribution < -0.4 is 5.32 Å². The lowest BCUT2D eigenvalue weighted by Gasteiger charge is -2.29. The maximum Gasteiger partial charge on any atom is 0.123 e. The van der Waals surface area contributed by atoms with Gasteiger partial charge in [-0.1, -0.05) is 12.1 Å². The summed E-state index contributed by atoms with van der Waals surface area (Å²) in [4.78, 5) is 5.16. The van der Waals surface area contributed by atoms with Gasteiger partial charge in [-0.25, -0.2) is 4.39 Å². The number of hydrogen-bond acceptors (Lipinski definition) is 3. The minimum Gasteiger partial charge on any atom is -0.317 e. The van der Waals surface area contributed by atoms with Gasteiger partial charge in [0.05, 0.1) is 0 Å². The molecule has 2 aliphatic rings. The summed E-state index contributed by atoms with van der Waals surface area (Å²) in [6, 6.07) is 6.95. The van der Waals surface area contributed by atoms with E-state index in [4.69, 9.17) is 0 Å². The van der Waals surface area contributed by atoms with E-state index in [1.165, 1.54) is 57.5 Å². The van der Waals surface area contributed by atoms with E-state index < -0.39 is 0 Å². The molecule has 1 N–H and O–H groups in total. The molecule has 0 bridgehead atoms. The summed E-state index contributed by atoms with van der Waals surface area (Å²) < 4.78 is 13.0. The van der Waals surface area contributed by atoms with Crippen LogP contribution in [0, 0.1) is 11.7 Å². The first-order valence-electron chi connectivity index (χ1n) is 8.69. The predicted molar refractivity (Wildman–Crippen MR) is 95.6 cm³/mol. The summed E-state index contributed by atoms with van der Waals surface area (Å²) >= 11 is 0. The fourth-order valence-electron chi connectivity index (χ4n) is 3.64. The molecule has 130 valence electrons. The van der Waals surface area contributed by atoms with Crippen molar-refractivity contribution in [2.75, 3.05) is 45.8 Å². The minimum absolute atomic E-state index is 0. The molecule has 0 radical (unpaired) electrons. The summed E-state index contributed by atoms with van der Waals surface area (Å²) in [5, 5.41) is 3.45. The molecule has 2 fully saturated rings. The number of benzene rings is 1. The Hall–Kier alpha value is -0.680. The van der Waals surface area contributed by atoms with E-state index in [1.807, 2.05) is 12.1 Å². The highest BCUT2D eigenvalue weighted by Gasteiger charge is 2.20. The average molecular weight is 342 g/mol. The summed E-state index contributed by atoms with van der Waals surface area (Å²) in [6.07, 6.45) is 3.90. The topological polar surface area (TPSA) is 18.5 Å². The highest BCUT2D eigenvalue weighted by Crippen LogP contribution is 2.16. The Morgan fingerprint density at radius 1 is 0.957 bits per heavy atom. The Morgan fingerprint density at radius 3 is 2.35 bits per heavy atom. The third kappa shape index (κ3) is 6.03. The molecule has 0 aliphatic carbocycles. The second-order valence-corrected chi connectivity index (χ2v) is 6.75. The van der Waals surface area contributed by atoms with Crippen LogP contribution in [0.2, 0.25) is 0 Å². The predicted octanol–water partition coefficient (Wildman–Crippen LogP) is 2.75. The van der Waals surface area contributed by atoms with E-state index in [0.717, 1.165) is 25.6 Å². The Balaban J connectivity index is 0.00000192. The molecule has 1 aromatic carbocycles. The van der Waals surface area contributed by atoms with Gasteiger partial charge in [-0.15, -0.1) is 12.4 Å². The van der Waals surface area contributed by atoms with Crippen molar-refractivity contribution < 1.29 is 4.39 Å². The molecule has 2 saturated heterocycles. The molecule has 0 spiro atoms. The molecular formula is C18H29ClFN3.